The molecule has 0 bridgehead atoms. The van der Waals surface area contributed by atoms with Gasteiger partial charge in [-0.15, -0.1) is 0 Å². The smallest absolute Gasteiger partial charge is 0.251 e. The Labute approximate surface area is 129 Å². The fraction of sp³-hybridized carbons (Fsp3) is 0.294. The van der Waals surface area contributed by atoms with Gasteiger partial charge in [-0.1, -0.05) is 6.07 Å². The number of aryl methyl sites for hydroxylation is 1. The van der Waals surface area contributed by atoms with Crippen LogP contribution >= 0.6 is 0 Å². The molecule has 0 aliphatic carbocycles. The minimum Gasteiger partial charge on any atom is -0.396 e. The van der Waals surface area contributed by atoms with Crippen LogP contribution in [-0.4, -0.2) is 29.1 Å². The molecule has 22 heavy (non-hydrogen) atoms. The van der Waals surface area contributed by atoms with Gasteiger partial charge in [0.2, 0.25) is 0 Å². The van der Waals surface area contributed by atoms with Crippen molar-refractivity contribution in [3.63, 3.8) is 0 Å². The standard InChI is InChI=1S/C17H19FN2O2/c1-12-8-14(5-6-16(12)18)17(22)20-10-13(11-21)9-15-4-2-3-7-19-15/h2-8,13,21H,9-11H2,1H3,(H,20,22)/t13-/m1/s1. The van der Waals surface area contributed by atoms with E-state index >= 15 is 0 Å². The van der Waals surface area contributed by atoms with E-state index in [-0.39, 0.29) is 24.2 Å². The van der Waals surface area contributed by atoms with E-state index in [2.05, 4.69) is 10.3 Å². The van der Waals surface area contributed by atoms with Crippen LogP contribution in [0.15, 0.2) is 42.6 Å². The quantitative estimate of drug-likeness (QED) is 0.859. The van der Waals surface area contributed by atoms with E-state index in [4.69, 9.17) is 0 Å². The first kappa shape index (κ1) is 16.1. The fourth-order valence-corrected chi connectivity index (χ4v) is 2.14. The van der Waals surface area contributed by atoms with Crippen LogP contribution in [0.3, 0.4) is 0 Å². The number of aromatic nitrogens is 1. The topological polar surface area (TPSA) is 62.2 Å². The summed E-state index contributed by atoms with van der Waals surface area (Å²) in [6.45, 7) is 1.91. The average Bonchev–Trinajstić information content (AvgIpc) is 2.54. The van der Waals surface area contributed by atoms with E-state index in [1.165, 1.54) is 18.2 Å². The van der Waals surface area contributed by atoms with Crippen LogP contribution in [0, 0.1) is 18.7 Å². The summed E-state index contributed by atoms with van der Waals surface area (Å²) < 4.78 is 13.2. The molecule has 2 rings (SSSR count). The minimum absolute atomic E-state index is 0.0424. The van der Waals surface area contributed by atoms with Gasteiger partial charge in [-0.05, 0) is 49.2 Å². The lowest BCUT2D eigenvalue weighted by atomic mass is 10.0. The lowest BCUT2D eigenvalue weighted by Gasteiger charge is -2.15. The second-order valence-corrected chi connectivity index (χ2v) is 5.25. The van der Waals surface area contributed by atoms with Gasteiger partial charge in [-0.2, -0.15) is 0 Å². The lowest BCUT2D eigenvalue weighted by molar-refractivity contribution is 0.0939. The molecule has 0 radical (unpaired) electrons. The monoisotopic (exact) mass is 302 g/mol. The van der Waals surface area contributed by atoms with Gasteiger partial charge in [-0.3, -0.25) is 9.78 Å². The number of benzene rings is 1. The number of hydrogen-bond acceptors (Lipinski definition) is 3. The average molecular weight is 302 g/mol. The van der Waals surface area contributed by atoms with Crippen molar-refractivity contribution in [1.29, 1.82) is 0 Å². The van der Waals surface area contributed by atoms with Gasteiger partial charge < -0.3 is 10.4 Å². The Morgan fingerprint density at radius 1 is 1.36 bits per heavy atom. The molecule has 5 heteroatoms. The summed E-state index contributed by atoms with van der Waals surface area (Å²) in [6, 6.07) is 9.84. The zero-order valence-electron chi connectivity index (χ0n) is 12.4. The molecule has 0 aliphatic rings. The molecule has 116 valence electrons. The minimum atomic E-state index is -0.333. The van der Waals surface area contributed by atoms with Crippen molar-refractivity contribution in [2.45, 2.75) is 13.3 Å². The molecular formula is C17H19FN2O2. The number of rotatable bonds is 6. The Kier molecular flexibility index (Phi) is 5.61. The van der Waals surface area contributed by atoms with Crippen molar-refractivity contribution in [3.05, 3.63) is 65.2 Å². The van der Waals surface area contributed by atoms with Crippen molar-refractivity contribution >= 4 is 5.91 Å². The molecule has 0 saturated carbocycles. The third-order valence-corrected chi connectivity index (χ3v) is 3.45. The van der Waals surface area contributed by atoms with Crippen molar-refractivity contribution in [1.82, 2.24) is 10.3 Å². The normalized spacial score (nSPS) is 12.0. The van der Waals surface area contributed by atoms with Gasteiger partial charge in [0, 0.05) is 36.5 Å². The van der Waals surface area contributed by atoms with Crippen LogP contribution in [0.2, 0.25) is 0 Å². The van der Waals surface area contributed by atoms with Crippen LogP contribution in [-0.2, 0) is 6.42 Å². The highest BCUT2D eigenvalue weighted by Crippen LogP contribution is 2.10. The van der Waals surface area contributed by atoms with E-state index in [0.29, 0.717) is 24.1 Å². The molecule has 1 aromatic carbocycles. The van der Waals surface area contributed by atoms with E-state index in [0.717, 1.165) is 5.69 Å². The van der Waals surface area contributed by atoms with Crippen molar-refractivity contribution in [2.24, 2.45) is 5.92 Å². The lowest BCUT2D eigenvalue weighted by Crippen LogP contribution is -2.32. The van der Waals surface area contributed by atoms with Crippen LogP contribution in [0.1, 0.15) is 21.6 Å². The fourth-order valence-electron chi connectivity index (χ4n) is 2.14. The molecule has 1 heterocycles. The second kappa shape index (κ2) is 7.66. The van der Waals surface area contributed by atoms with Gasteiger partial charge in [0.15, 0.2) is 0 Å². The summed E-state index contributed by atoms with van der Waals surface area (Å²) >= 11 is 0. The number of nitrogens with zero attached hydrogens (tertiary/aromatic N) is 1. The van der Waals surface area contributed by atoms with Gasteiger partial charge in [0.25, 0.3) is 5.91 Å². The number of pyridine rings is 1. The molecule has 2 N–H and O–H groups in total. The zero-order valence-corrected chi connectivity index (χ0v) is 12.4. The van der Waals surface area contributed by atoms with Crippen molar-refractivity contribution in [3.8, 4) is 0 Å². The highest BCUT2D eigenvalue weighted by Gasteiger charge is 2.13. The summed E-state index contributed by atoms with van der Waals surface area (Å²) in [5.41, 5.74) is 1.71. The molecule has 4 nitrogen and oxygen atoms in total. The first-order valence-corrected chi connectivity index (χ1v) is 7.15. The van der Waals surface area contributed by atoms with Crippen LogP contribution in [0.5, 0.6) is 0 Å². The predicted octanol–water partition coefficient (Wildman–Crippen LogP) is 2.11. The van der Waals surface area contributed by atoms with E-state index in [9.17, 15) is 14.3 Å². The van der Waals surface area contributed by atoms with Crippen LogP contribution in [0.25, 0.3) is 0 Å². The summed E-state index contributed by atoms with van der Waals surface area (Å²) in [5, 5.41) is 12.2. The molecule has 0 spiro atoms. The molecule has 0 aliphatic heterocycles. The molecule has 1 atom stereocenters. The first-order chi connectivity index (χ1) is 10.6. The maximum Gasteiger partial charge on any atom is 0.251 e. The number of carbonyl (C=O) groups is 1. The van der Waals surface area contributed by atoms with E-state index in [1.54, 1.807) is 13.1 Å². The molecular weight excluding hydrogens is 283 g/mol. The van der Waals surface area contributed by atoms with E-state index in [1.807, 2.05) is 18.2 Å². The maximum atomic E-state index is 13.2. The number of aliphatic hydroxyl groups is 1. The highest BCUT2D eigenvalue weighted by molar-refractivity contribution is 5.94. The largest absolute Gasteiger partial charge is 0.396 e. The number of carbonyl (C=O) groups excluding carboxylic acids is 1. The van der Waals surface area contributed by atoms with Crippen molar-refractivity contribution in [2.75, 3.05) is 13.2 Å². The Balaban J connectivity index is 1.92. The summed E-state index contributed by atoms with van der Waals surface area (Å²) in [7, 11) is 0. The number of halogens is 1. The van der Waals surface area contributed by atoms with Gasteiger partial charge in [0.1, 0.15) is 5.82 Å². The molecule has 0 unspecified atom stereocenters. The van der Waals surface area contributed by atoms with Gasteiger partial charge >= 0.3 is 0 Å². The summed E-state index contributed by atoms with van der Waals surface area (Å²) in [4.78, 5) is 16.3. The Bertz CT molecular complexity index is 632. The van der Waals surface area contributed by atoms with Gasteiger partial charge in [0.05, 0.1) is 0 Å². The third kappa shape index (κ3) is 4.36. The zero-order chi connectivity index (χ0) is 15.9. The van der Waals surface area contributed by atoms with Gasteiger partial charge in [-0.25, -0.2) is 4.39 Å². The molecule has 0 fully saturated rings. The summed E-state index contributed by atoms with van der Waals surface area (Å²) in [5.74, 6) is -0.720. The summed E-state index contributed by atoms with van der Waals surface area (Å²) in [6.07, 6.45) is 2.28. The Morgan fingerprint density at radius 3 is 2.82 bits per heavy atom. The molecule has 1 amide bonds. The third-order valence-electron chi connectivity index (χ3n) is 3.45. The predicted molar refractivity (Wildman–Crippen MR) is 82.0 cm³/mol. The second-order valence-electron chi connectivity index (χ2n) is 5.25. The number of aliphatic hydroxyl groups excluding tert-OH is 1. The Morgan fingerprint density at radius 2 is 2.18 bits per heavy atom. The number of hydrogen-bond donors (Lipinski definition) is 2. The molecule has 1 aromatic heterocycles. The SMILES string of the molecule is Cc1cc(C(=O)NC[C@H](CO)Cc2ccccn2)ccc1F. The maximum absolute atomic E-state index is 13.2. The van der Waals surface area contributed by atoms with Crippen LogP contribution in [0.4, 0.5) is 4.39 Å². The highest BCUT2D eigenvalue weighted by atomic mass is 19.1. The van der Waals surface area contributed by atoms with Crippen LogP contribution < -0.4 is 5.32 Å². The molecule has 2 aromatic rings. The van der Waals surface area contributed by atoms with E-state index < -0.39 is 0 Å². The number of nitrogens with one attached hydrogen (secondary N) is 1. The first-order valence-electron chi connectivity index (χ1n) is 7.15. The number of amides is 1. The van der Waals surface area contributed by atoms with Crippen molar-refractivity contribution < 1.29 is 14.3 Å². The Hall–Kier alpha value is -2.27. The molecule has 0 saturated heterocycles.